The zero-order chi connectivity index (χ0) is 12.3. The average molecular weight is 237 g/mol. The molecule has 1 saturated carbocycles. The molecule has 0 aromatic carbocycles. The molecule has 0 saturated heterocycles. The molecule has 1 atom stereocenters. The van der Waals surface area contributed by atoms with Crippen LogP contribution in [0.5, 0.6) is 0 Å². The molecule has 94 valence electrons. The van der Waals surface area contributed by atoms with Gasteiger partial charge >= 0.3 is 5.97 Å². The molecule has 2 rings (SSSR count). The van der Waals surface area contributed by atoms with Crippen LogP contribution in [0, 0.1) is 0 Å². The molecule has 1 N–H and O–H groups in total. The summed E-state index contributed by atoms with van der Waals surface area (Å²) >= 11 is 0. The van der Waals surface area contributed by atoms with Gasteiger partial charge in [-0.25, -0.2) is 4.79 Å². The Morgan fingerprint density at radius 2 is 2.41 bits per heavy atom. The van der Waals surface area contributed by atoms with Gasteiger partial charge in [-0.3, -0.25) is 10.00 Å². The fourth-order valence-electron chi connectivity index (χ4n) is 1.86. The largest absolute Gasteiger partial charge is 0.465 e. The highest BCUT2D eigenvalue weighted by molar-refractivity contribution is 5.80. The smallest absolute Gasteiger partial charge is 0.327 e. The zero-order valence-corrected chi connectivity index (χ0v) is 10.3. The minimum atomic E-state index is -0.691. The van der Waals surface area contributed by atoms with Crippen LogP contribution in [0.15, 0.2) is 18.5 Å². The Morgan fingerprint density at radius 3 is 2.94 bits per heavy atom. The Morgan fingerprint density at radius 1 is 1.65 bits per heavy atom. The van der Waals surface area contributed by atoms with Crippen molar-refractivity contribution in [2.24, 2.45) is 0 Å². The standard InChI is InChI=1S/C12H19N3O2/c1-3-17-11(16)12(2,14-10-5-6-10)9-15-8-4-7-13-15/h4,7-8,10,14H,3,5-6,9H2,1-2H3. The minimum absolute atomic E-state index is 0.206. The molecule has 1 heterocycles. The number of esters is 1. The van der Waals surface area contributed by atoms with Crippen LogP contribution >= 0.6 is 0 Å². The lowest BCUT2D eigenvalue weighted by atomic mass is 10.0. The van der Waals surface area contributed by atoms with Crippen molar-refractivity contribution in [3.05, 3.63) is 18.5 Å². The van der Waals surface area contributed by atoms with Gasteiger partial charge in [0.25, 0.3) is 0 Å². The van der Waals surface area contributed by atoms with Crippen LogP contribution in [0.2, 0.25) is 0 Å². The van der Waals surface area contributed by atoms with Crippen molar-refractivity contribution in [3.8, 4) is 0 Å². The Labute approximate surface area is 101 Å². The van der Waals surface area contributed by atoms with Gasteiger partial charge in [-0.05, 0) is 32.8 Å². The highest BCUT2D eigenvalue weighted by Gasteiger charge is 2.40. The molecule has 1 aromatic rings. The maximum atomic E-state index is 12.0. The lowest BCUT2D eigenvalue weighted by molar-refractivity contribution is -0.151. The van der Waals surface area contributed by atoms with Crippen molar-refractivity contribution in [3.63, 3.8) is 0 Å². The zero-order valence-electron chi connectivity index (χ0n) is 10.3. The van der Waals surface area contributed by atoms with E-state index in [0.717, 1.165) is 12.8 Å². The van der Waals surface area contributed by atoms with Gasteiger partial charge < -0.3 is 4.74 Å². The van der Waals surface area contributed by atoms with E-state index < -0.39 is 5.54 Å². The summed E-state index contributed by atoms with van der Waals surface area (Å²) in [5.41, 5.74) is -0.691. The van der Waals surface area contributed by atoms with Gasteiger partial charge in [0.2, 0.25) is 0 Å². The first kappa shape index (κ1) is 12.1. The topological polar surface area (TPSA) is 56.2 Å². The van der Waals surface area contributed by atoms with Crippen molar-refractivity contribution in [1.29, 1.82) is 0 Å². The van der Waals surface area contributed by atoms with E-state index in [9.17, 15) is 4.79 Å². The summed E-state index contributed by atoms with van der Waals surface area (Å²) in [6, 6.07) is 2.29. The van der Waals surface area contributed by atoms with Gasteiger partial charge in [-0.2, -0.15) is 5.10 Å². The van der Waals surface area contributed by atoms with Crippen molar-refractivity contribution in [2.45, 2.75) is 44.8 Å². The maximum Gasteiger partial charge on any atom is 0.327 e. The fourth-order valence-corrected chi connectivity index (χ4v) is 1.86. The Kier molecular flexibility index (Phi) is 3.47. The predicted molar refractivity (Wildman–Crippen MR) is 63.4 cm³/mol. The SMILES string of the molecule is CCOC(=O)C(C)(Cn1cccn1)NC1CC1. The third-order valence-electron chi connectivity index (χ3n) is 2.86. The van der Waals surface area contributed by atoms with Gasteiger partial charge in [0.1, 0.15) is 5.54 Å². The summed E-state index contributed by atoms with van der Waals surface area (Å²) in [5, 5.41) is 7.50. The van der Waals surface area contributed by atoms with E-state index in [-0.39, 0.29) is 5.97 Å². The van der Waals surface area contributed by atoms with Gasteiger partial charge in [0, 0.05) is 18.4 Å². The number of nitrogens with one attached hydrogen (secondary N) is 1. The van der Waals surface area contributed by atoms with Crippen molar-refractivity contribution < 1.29 is 9.53 Å². The monoisotopic (exact) mass is 237 g/mol. The lowest BCUT2D eigenvalue weighted by Gasteiger charge is -2.28. The lowest BCUT2D eigenvalue weighted by Crippen LogP contribution is -2.54. The third kappa shape index (κ3) is 3.06. The molecule has 0 radical (unpaired) electrons. The second-order valence-corrected chi connectivity index (χ2v) is 4.67. The summed E-state index contributed by atoms with van der Waals surface area (Å²) in [7, 11) is 0. The van der Waals surface area contributed by atoms with Gasteiger partial charge in [-0.15, -0.1) is 0 Å². The molecule has 1 unspecified atom stereocenters. The molecule has 1 aliphatic rings. The third-order valence-corrected chi connectivity index (χ3v) is 2.86. The van der Waals surface area contributed by atoms with Crippen LogP contribution in [0.25, 0.3) is 0 Å². The first-order chi connectivity index (χ1) is 8.14. The number of carbonyl (C=O) groups is 1. The maximum absolute atomic E-state index is 12.0. The van der Waals surface area contributed by atoms with E-state index in [0.29, 0.717) is 19.2 Å². The summed E-state index contributed by atoms with van der Waals surface area (Å²) in [6.45, 7) is 4.60. The molecular weight excluding hydrogens is 218 g/mol. The van der Waals surface area contributed by atoms with E-state index in [4.69, 9.17) is 4.74 Å². The fraction of sp³-hybridized carbons (Fsp3) is 0.667. The van der Waals surface area contributed by atoms with E-state index in [1.54, 1.807) is 10.9 Å². The predicted octanol–water partition coefficient (Wildman–Crippen LogP) is 0.957. The molecule has 0 aliphatic heterocycles. The highest BCUT2D eigenvalue weighted by atomic mass is 16.5. The first-order valence-corrected chi connectivity index (χ1v) is 6.06. The van der Waals surface area contributed by atoms with Crippen LogP contribution in [-0.2, 0) is 16.1 Å². The van der Waals surface area contributed by atoms with Gasteiger partial charge in [0.15, 0.2) is 0 Å². The molecule has 1 fully saturated rings. The molecule has 5 nitrogen and oxygen atoms in total. The van der Waals surface area contributed by atoms with Crippen LogP contribution in [0.3, 0.4) is 0 Å². The van der Waals surface area contributed by atoms with Crippen LogP contribution < -0.4 is 5.32 Å². The molecule has 0 spiro atoms. The minimum Gasteiger partial charge on any atom is -0.465 e. The van der Waals surface area contributed by atoms with Gasteiger partial charge in [0.05, 0.1) is 13.2 Å². The number of nitrogens with zero attached hydrogens (tertiary/aromatic N) is 2. The first-order valence-electron chi connectivity index (χ1n) is 6.06. The van der Waals surface area contributed by atoms with E-state index in [1.807, 2.05) is 26.1 Å². The summed E-state index contributed by atoms with van der Waals surface area (Å²) in [5.74, 6) is -0.206. The Bertz CT molecular complexity index is 373. The number of ether oxygens (including phenoxy) is 1. The van der Waals surface area contributed by atoms with Crippen LogP contribution in [-0.4, -0.2) is 33.9 Å². The average Bonchev–Trinajstić information content (AvgIpc) is 2.93. The Balaban J connectivity index is 2.07. The van der Waals surface area contributed by atoms with E-state index in [2.05, 4.69) is 10.4 Å². The van der Waals surface area contributed by atoms with Crippen LogP contribution in [0.4, 0.5) is 0 Å². The molecule has 1 aliphatic carbocycles. The number of carbonyl (C=O) groups excluding carboxylic acids is 1. The Hall–Kier alpha value is -1.36. The molecule has 0 amide bonds. The van der Waals surface area contributed by atoms with Gasteiger partial charge in [-0.1, -0.05) is 0 Å². The van der Waals surface area contributed by atoms with Crippen molar-refractivity contribution >= 4 is 5.97 Å². The molecule has 5 heteroatoms. The molecule has 1 aromatic heterocycles. The second kappa shape index (κ2) is 4.87. The quantitative estimate of drug-likeness (QED) is 0.749. The summed E-state index contributed by atoms with van der Waals surface area (Å²) in [6.07, 6.45) is 5.83. The highest BCUT2D eigenvalue weighted by Crippen LogP contribution is 2.24. The molecule has 17 heavy (non-hydrogen) atoms. The number of hydrogen-bond donors (Lipinski definition) is 1. The van der Waals surface area contributed by atoms with Crippen molar-refractivity contribution in [1.82, 2.24) is 15.1 Å². The molecule has 0 bridgehead atoms. The summed E-state index contributed by atoms with van der Waals surface area (Å²) in [4.78, 5) is 12.0. The second-order valence-electron chi connectivity index (χ2n) is 4.67. The van der Waals surface area contributed by atoms with E-state index >= 15 is 0 Å². The number of rotatable bonds is 6. The van der Waals surface area contributed by atoms with Crippen molar-refractivity contribution in [2.75, 3.05) is 6.61 Å². The normalized spacial score (nSPS) is 18.7. The van der Waals surface area contributed by atoms with Crippen LogP contribution in [0.1, 0.15) is 26.7 Å². The number of aromatic nitrogens is 2. The molecular formula is C12H19N3O2. The van der Waals surface area contributed by atoms with E-state index in [1.165, 1.54) is 0 Å². The summed E-state index contributed by atoms with van der Waals surface area (Å²) < 4.78 is 6.90. The number of hydrogen-bond acceptors (Lipinski definition) is 4.